The molecule has 2 heterocycles. The lowest BCUT2D eigenvalue weighted by atomic mass is 10.0. The molecule has 22 heavy (non-hydrogen) atoms. The summed E-state index contributed by atoms with van der Waals surface area (Å²) in [5, 5.41) is 7.07. The van der Waals surface area contributed by atoms with Crippen LogP contribution >= 0.6 is 12.4 Å². The SMILES string of the molecule is Cc1nc2ncnn2c(C)c1CCC(=O)NC(C)(C)CN.Cl. The molecule has 8 heteroatoms. The average Bonchev–Trinajstić information content (AvgIpc) is 2.86. The van der Waals surface area contributed by atoms with Gasteiger partial charge in [-0.1, -0.05) is 0 Å². The number of nitrogens with zero attached hydrogens (tertiary/aromatic N) is 4. The van der Waals surface area contributed by atoms with E-state index in [9.17, 15) is 4.79 Å². The van der Waals surface area contributed by atoms with Crippen molar-refractivity contribution < 1.29 is 4.79 Å². The van der Waals surface area contributed by atoms with E-state index in [-0.39, 0.29) is 23.9 Å². The van der Waals surface area contributed by atoms with Crippen LogP contribution in [0.5, 0.6) is 0 Å². The third kappa shape index (κ3) is 3.92. The minimum absolute atomic E-state index is 0. The predicted octanol–water partition coefficient (Wildman–Crippen LogP) is 0.949. The van der Waals surface area contributed by atoms with Crippen LogP contribution in [0, 0.1) is 13.8 Å². The maximum Gasteiger partial charge on any atom is 0.252 e. The van der Waals surface area contributed by atoms with Crippen LogP contribution < -0.4 is 11.1 Å². The molecule has 0 fully saturated rings. The van der Waals surface area contributed by atoms with Crippen molar-refractivity contribution in [3.63, 3.8) is 0 Å². The summed E-state index contributed by atoms with van der Waals surface area (Å²) in [6, 6.07) is 0. The molecule has 0 aromatic carbocycles. The quantitative estimate of drug-likeness (QED) is 0.852. The fourth-order valence-electron chi connectivity index (χ4n) is 2.25. The van der Waals surface area contributed by atoms with E-state index >= 15 is 0 Å². The summed E-state index contributed by atoms with van der Waals surface area (Å²) in [6.07, 6.45) is 2.50. The smallest absolute Gasteiger partial charge is 0.252 e. The molecule has 1 amide bonds. The van der Waals surface area contributed by atoms with Gasteiger partial charge in [0.15, 0.2) is 0 Å². The van der Waals surface area contributed by atoms with Gasteiger partial charge >= 0.3 is 0 Å². The minimum Gasteiger partial charge on any atom is -0.350 e. The number of aryl methyl sites for hydroxylation is 2. The highest BCUT2D eigenvalue weighted by Crippen LogP contribution is 2.15. The van der Waals surface area contributed by atoms with Crippen molar-refractivity contribution in [3.8, 4) is 0 Å². The number of rotatable bonds is 5. The molecule has 0 aliphatic rings. The summed E-state index contributed by atoms with van der Waals surface area (Å²) in [6.45, 7) is 8.12. The first-order valence-electron chi connectivity index (χ1n) is 7.01. The molecule has 0 unspecified atom stereocenters. The molecule has 0 aliphatic heterocycles. The number of nitrogens with two attached hydrogens (primary N) is 1. The second kappa shape index (κ2) is 7.02. The van der Waals surface area contributed by atoms with E-state index in [0.29, 0.717) is 25.2 Å². The van der Waals surface area contributed by atoms with Crippen LogP contribution in [0.15, 0.2) is 6.33 Å². The number of hydrogen-bond acceptors (Lipinski definition) is 5. The summed E-state index contributed by atoms with van der Waals surface area (Å²) in [7, 11) is 0. The van der Waals surface area contributed by atoms with Crippen molar-refractivity contribution in [2.75, 3.05) is 6.54 Å². The Bertz CT molecular complexity index is 667. The number of hydrogen-bond donors (Lipinski definition) is 2. The first kappa shape index (κ1) is 18.3. The molecule has 0 bridgehead atoms. The van der Waals surface area contributed by atoms with Crippen molar-refractivity contribution in [1.29, 1.82) is 0 Å². The first-order valence-corrected chi connectivity index (χ1v) is 7.01. The number of aromatic nitrogens is 4. The summed E-state index contributed by atoms with van der Waals surface area (Å²) in [4.78, 5) is 20.5. The molecule has 0 saturated carbocycles. The first-order chi connectivity index (χ1) is 9.84. The second-order valence-electron chi connectivity index (χ2n) is 5.87. The van der Waals surface area contributed by atoms with E-state index in [1.165, 1.54) is 6.33 Å². The van der Waals surface area contributed by atoms with E-state index in [2.05, 4.69) is 20.4 Å². The molecule has 7 nitrogen and oxygen atoms in total. The highest BCUT2D eigenvalue weighted by Gasteiger charge is 2.19. The Hall–Kier alpha value is -1.73. The van der Waals surface area contributed by atoms with Crippen molar-refractivity contribution in [2.45, 2.75) is 46.1 Å². The van der Waals surface area contributed by atoms with E-state index in [1.807, 2.05) is 27.7 Å². The number of nitrogens with one attached hydrogen (secondary N) is 1. The van der Waals surface area contributed by atoms with Crippen LogP contribution in [0.4, 0.5) is 0 Å². The van der Waals surface area contributed by atoms with E-state index in [0.717, 1.165) is 17.0 Å². The molecule has 3 N–H and O–H groups in total. The highest BCUT2D eigenvalue weighted by molar-refractivity contribution is 5.85. The molecule has 2 aromatic heterocycles. The lowest BCUT2D eigenvalue weighted by Gasteiger charge is -2.24. The Morgan fingerprint density at radius 1 is 1.41 bits per heavy atom. The van der Waals surface area contributed by atoms with Crippen LogP contribution in [0.3, 0.4) is 0 Å². The van der Waals surface area contributed by atoms with Crippen LogP contribution in [0.1, 0.15) is 37.2 Å². The van der Waals surface area contributed by atoms with Gasteiger partial charge in [0.2, 0.25) is 5.91 Å². The lowest BCUT2D eigenvalue weighted by molar-refractivity contribution is -0.122. The molecular formula is C14H23ClN6O. The van der Waals surface area contributed by atoms with Crippen LogP contribution in [0.2, 0.25) is 0 Å². The molecule has 0 saturated heterocycles. The zero-order valence-corrected chi connectivity index (χ0v) is 14.2. The third-order valence-corrected chi connectivity index (χ3v) is 3.58. The van der Waals surface area contributed by atoms with Crippen molar-refractivity contribution >= 4 is 24.1 Å². The molecule has 0 atom stereocenters. The standard InChI is InChI=1S/C14H22N6O.ClH/c1-9-11(5-6-12(21)19-14(3,4)7-15)10(2)20-13(18-9)16-8-17-20;/h8H,5-7,15H2,1-4H3,(H,19,21);1H. The molecule has 2 rings (SSSR count). The van der Waals surface area contributed by atoms with Gasteiger partial charge in [-0.05, 0) is 39.7 Å². The van der Waals surface area contributed by atoms with Crippen molar-refractivity contribution in [2.24, 2.45) is 5.73 Å². The van der Waals surface area contributed by atoms with Gasteiger partial charge in [-0.15, -0.1) is 12.4 Å². The van der Waals surface area contributed by atoms with Crippen LogP contribution in [0.25, 0.3) is 5.78 Å². The van der Waals surface area contributed by atoms with Gasteiger partial charge in [0, 0.05) is 29.9 Å². The maximum atomic E-state index is 12.0. The molecule has 0 aliphatic carbocycles. The van der Waals surface area contributed by atoms with Crippen LogP contribution in [-0.4, -0.2) is 37.6 Å². The number of fused-ring (bicyclic) bond motifs is 1. The lowest BCUT2D eigenvalue weighted by Crippen LogP contribution is -2.48. The second-order valence-corrected chi connectivity index (χ2v) is 5.87. The summed E-state index contributed by atoms with van der Waals surface area (Å²) in [5.74, 6) is 0.574. The molecular weight excluding hydrogens is 304 g/mol. The van der Waals surface area contributed by atoms with Gasteiger partial charge in [0.1, 0.15) is 6.33 Å². The van der Waals surface area contributed by atoms with Gasteiger partial charge in [-0.2, -0.15) is 10.1 Å². The maximum absolute atomic E-state index is 12.0. The van der Waals surface area contributed by atoms with Crippen LogP contribution in [-0.2, 0) is 11.2 Å². The van der Waals surface area contributed by atoms with Crippen molar-refractivity contribution in [3.05, 3.63) is 23.3 Å². The number of carbonyl (C=O) groups excluding carboxylic acids is 1. The van der Waals surface area contributed by atoms with E-state index in [4.69, 9.17) is 5.73 Å². The molecule has 2 aromatic rings. The molecule has 0 radical (unpaired) electrons. The zero-order chi connectivity index (χ0) is 15.6. The Kier molecular flexibility index (Phi) is 5.85. The fraction of sp³-hybridized carbons (Fsp3) is 0.571. The molecule has 0 spiro atoms. The zero-order valence-electron chi connectivity index (χ0n) is 13.4. The topological polar surface area (TPSA) is 98.2 Å². The van der Waals surface area contributed by atoms with E-state index < -0.39 is 0 Å². The number of amides is 1. The predicted molar refractivity (Wildman–Crippen MR) is 87.1 cm³/mol. The number of halogens is 1. The normalized spacial score (nSPS) is 11.3. The Labute approximate surface area is 136 Å². The van der Waals surface area contributed by atoms with Gasteiger partial charge in [0.05, 0.1) is 0 Å². The van der Waals surface area contributed by atoms with Crippen molar-refractivity contribution in [1.82, 2.24) is 24.9 Å². The minimum atomic E-state index is -0.380. The van der Waals surface area contributed by atoms with Gasteiger partial charge < -0.3 is 11.1 Å². The van der Waals surface area contributed by atoms with E-state index in [1.54, 1.807) is 4.52 Å². The fourth-order valence-corrected chi connectivity index (χ4v) is 2.25. The Balaban J connectivity index is 0.00000242. The molecule has 122 valence electrons. The monoisotopic (exact) mass is 326 g/mol. The van der Waals surface area contributed by atoms with Gasteiger partial charge in [-0.3, -0.25) is 4.79 Å². The third-order valence-electron chi connectivity index (χ3n) is 3.58. The Morgan fingerprint density at radius 2 is 2.09 bits per heavy atom. The summed E-state index contributed by atoms with van der Waals surface area (Å²) < 4.78 is 1.70. The number of carbonyl (C=O) groups is 1. The van der Waals surface area contributed by atoms with Gasteiger partial charge in [0.25, 0.3) is 5.78 Å². The Morgan fingerprint density at radius 3 is 2.73 bits per heavy atom. The highest BCUT2D eigenvalue weighted by atomic mass is 35.5. The largest absolute Gasteiger partial charge is 0.350 e. The van der Waals surface area contributed by atoms with Gasteiger partial charge in [-0.25, -0.2) is 9.50 Å². The summed E-state index contributed by atoms with van der Waals surface area (Å²) >= 11 is 0. The summed E-state index contributed by atoms with van der Waals surface area (Å²) in [5.41, 5.74) is 8.13. The average molecular weight is 327 g/mol.